The first kappa shape index (κ1) is 21.8. The van der Waals surface area contributed by atoms with Gasteiger partial charge in [0.05, 0.1) is 0 Å². The molecule has 152 valence electrons. The number of hydrogen-bond acceptors (Lipinski definition) is 5. The van der Waals surface area contributed by atoms with Gasteiger partial charge in [-0.3, -0.25) is 19.2 Å². The van der Waals surface area contributed by atoms with Crippen molar-refractivity contribution in [3.8, 4) is 0 Å². The van der Waals surface area contributed by atoms with Crippen LogP contribution in [0.2, 0.25) is 0 Å². The SMILES string of the molecule is CC(=O)c1ccc(NC(=O)[C@@H](C)OC(=O)CNC(=O)c2ccc(C)c(C)c2)cc1. The Morgan fingerprint density at radius 2 is 1.55 bits per heavy atom. The highest BCUT2D eigenvalue weighted by Crippen LogP contribution is 2.11. The summed E-state index contributed by atoms with van der Waals surface area (Å²) < 4.78 is 5.06. The number of ether oxygens (including phenoxy) is 1. The molecule has 1 atom stereocenters. The Morgan fingerprint density at radius 1 is 0.931 bits per heavy atom. The third-order valence-corrected chi connectivity index (χ3v) is 4.40. The van der Waals surface area contributed by atoms with Gasteiger partial charge in [0.15, 0.2) is 11.9 Å². The van der Waals surface area contributed by atoms with Crippen LogP contribution in [-0.2, 0) is 14.3 Å². The Kier molecular flexibility index (Phi) is 7.25. The molecular formula is C22H24N2O5. The van der Waals surface area contributed by atoms with Gasteiger partial charge in [0.1, 0.15) is 6.54 Å². The lowest BCUT2D eigenvalue weighted by molar-refractivity contribution is -0.152. The number of carbonyl (C=O) groups is 4. The molecule has 0 saturated heterocycles. The van der Waals surface area contributed by atoms with Gasteiger partial charge in [-0.2, -0.15) is 0 Å². The zero-order chi connectivity index (χ0) is 21.6. The molecule has 2 N–H and O–H groups in total. The van der Waals surface area contributed by atoms with Crippen molar-refractivity contribution in [2.75, 3.05) is 11.9 Å². The summed E-state index contributed by atoms with van der Waals surface area (Å²) in [6, 6.07) is 11.6. The van der Waals surface area contributed by atoms with Crippen LogP contribution in [0.1, 0.15) is 45.7 Å². The van der Waals surface area contributed by atoms with Crippen LogP contribution in [0.4, 0.5) is 5.69 Å². The van der Waals surface area contributed by atoms with E-state index in [1.165, 1.54) is 13.8 Å². The van der Waals surface area contributed by atoms with Crippen molar-refractivity contribution in [3.05, 3.63) is 64.7 Å². The van der Waals surface area contributed by atoms with Gasteiger partial charge < -0.3 is 15.4 Å². The van der Waals surface area contributed by atoms with Gasteiger partial charge in [0.2, 0.25) is 0 Å². The first-order valence-corrected chi connectivity index (χ1v) is 9.14. The van der Waals surface area contributed by atoms with Crippen LogP contribution in [0, 0.1) is 13.8 Å². The summed E-state index contributed by atoms with van der Waals surface area (Å²) in [6.45, 7) is 6.37. The molecule has 0 aromatic heterocycles. The minimum Gasteiger partial charge on any atom is -0.451 e. The molecule has 29 heavy (non-hydrogen) atoms. The third-order valence-electron chi connectivity index (χ3n) is 4.40. The van der Waals surface area contributed by atoms with Crippen LogP contribution in [0.3, 0.4) is 0 Å². The first-order chi connectivity index (χ1) is 13.7. The molecule has 2 aromatic rings. The molecule has 0 radical (unpaired) electrons. The lowest BCUT2D eigenvalue weighted by Gasteiger charge is -2.14. The molecule has 2 aromatic carbocycles. The summed E-state index contributed by atoms with van der Waals surface area (Å²) >= 11 is 0. The fourth-order valence-electron chi connectivity index (χ4n) is 2.46. The second kappa shape index (κ2) is 9.64. The van der Waals surface area contributed by atoms with Crippen LogP contribution in [0.5, 0.6) is 0 Å². The van der Waals surface area contributed by atoms with Gasteiger partial charge in [-0.15, -0.1) is 0 Å². The van der Waals surface area contributed by atoms with Gasteiger partial charge in [0, 0.05) is 16.8 Å². The Bertz CT molecular complexity index is 935. The van der Waals surface area contributed by atoms with E-state index in [1.54, 1.807) is 36.4 Å². The maximum absolute atomic E-state index is 12.2. The van der Waals surface area contributed by atoms with E-state index in [0.29, 0.717) is 16.8 Å². The van der Waals surface area contributed by atoms with Crippen molar-refractivity contribution in [2.45, 2.75) is 33.8 Å². The largest absolute Gasteiger partial charge is 0.451 e. The molecule has 2 rings (SSSR count). The van der Waals surface area contributed by atoms with Crippen molar-refractivity contribution >= 4 is 29.3 Å². The number of ketones is 1. The maximum atomic E-state index is 12.2. The zero-order valence-electron chi connectivity index (χ0n) is 16.9. The van der Waals surface area contributed by atoms with Crippen LogP contribution >= 0.6 is 0 Å². The number of hydrogen-bond donors (Lipinski definition) is 2. The van der Waals surface area contributed by atoms with E-state index >= 15 is 0 Å². The Morgan fingerprint density at radius 3 is 2.14 bits per heavy atom. The summed E-state index contributed by atoms with van der Waals surface area (Å²) in [6.07, 6.45) is -1.05. The van der Waals surface area contributed by atoms with Crippen molar-refractivity contribution in [2.24, 2.45) is 0 Å². The van der Waals surface area contributed by atoms with Crippen molar-refractivity contribution in [3.63, 3.8) is 0 Å². The van der Waals surface area contributed by atoms with Crippen LogP contribution in [-0.4, -0.2) is 36.2 Å². The average molecular weight is 396 g/mol. The smallest absolute Gasteiger partial charge is 0.326 e. The number of rotatable bonds is 7. The number of Topliss-reactive ketones (excluding diaryl/α,β-unsaturated/α-hetero) is 1. The fraction of sp³-hybridized carbons (Fsp3) is 0.273. The monoisotopic (exact) mass is 396 g/mol. The van der Waals surface area contributed by atoms with Gasteiger partial charge in [-0.05, 0) is 75.2 Å². The second-order valence-electron chi connectivity index (χ2n) is 6.74. The summed E-state index contributed by atoms with van der Waals surface area (Å²) in [7, 11) is 0. The molecular weight excluding hydrogens is 372 g/mol. The normalized spacial score (nSPS) is 11.3. The second-order valence-corrected chi connectivity index (χ2v) is 6.74. The standard InChI is InChI=1S/C22H24N2O5/c1-13-5-6-18(11-14(13)2)22(28)23-12-20(26)29-16(4)21(27)24-19-9-7-17(8-10-19)15(3)25/h5-11,16H,12H2,1-4H3,(H,23,28)(H,24,27)/t16-/m1/s1. The fourth-order valence-corrected chi connectivity index (χ4v) is 2.46. The summed E-state index contributed by atoms with van der Waals surface area (Å²) in [4.78, 5) is 47.5. The Labute approximate surface area is 169 Å². The number of anilines is 1. The molecule has 0 aliphatic heterocycles. The van der Waals surface area contributed by atoms with Gasteiger partial charge >= 0.3 is 5.97 Å². The number of aryl methyl sites for hydroxylation is 2. The molecule has 0 saturated carbocycles. The number of amides is 2. The van der Waals surface area contributed by atoms with Gasteiger partial charge in [0.25, 0.3) is 11.8 Å². The lowest BCUT2D eigenvalue weighted by Crippen LogP contribution is -2.35. The topological polar surface area (TPSA) is 102 Å². The van der Waals surface area contributed by atoms with E-state index in [0.717, 1.165) is 11.1 Å². The van der Waals surface area contributed by atoms with Crippen LogP contribution < -0.4 is 10.6 Å². The highest BCUT2D eigenvalue weighted by molar-refractivity contribution is 5.98. The van der Waals surface area contributed by atoms with Crippen molar-refractivity contribution in [1.29, 1.82) is 0 Å². The van der Waals surface area contributed by atoms with E-state index in [2.05, 4.69) is 10.6 Å². The third kappa shape index (κ3) is 6.27. The number of benzene rings is 2. The molecule has 0 unspecified atom stereocenters. The summed E-state index contributed by atoms with van der Waals surface area (Å²) in [5, 5.41) is 5.08. The summed E-state index contributed by atoms with van der Waals surface area (Å²) in [5.74, 6) is -1.72. The average Bonchev–Trinajstić information content (AvgIpc) is 2.68. The molecule has 0 heterocycles. The predicted molar refractivity (Wildman–Crippen MR) is 109 cm³/mol. The molecule has 0 bridgehead atoms. The van der Waals surface area contributed by atoms with E-state index in [1.807, 2.05) is 19.9 Å². The number of esters is 1. The zero-order valence-corrected chi connectivity index (χ0v) is 16.9. The van der Waals surface area contributed by atoms with E-state index < -0.39 is 23.9 Å². The maximum Gasteiger partial charge on any atom is 0.326 e. The molecule has 2 amide bonds. The first-order valence-electron chi connectivity index (χ1n) is 9.14. The molecule has 0 spiro atoms. The molecule has 7 heteroatoms. The molecule has 0 aliphatic carbocycles. The van der Waals surface area contributed by atoms with Crippen molar-refractivity contribution in [1.82, 2.24) is 5.32 Å². The van der Waals surface area contributed by atoms with E-state index in [9.17, 15) is 19.2 Å². The molecule has 0 aliphatic rings. The van der Waals surface area contributed by atoms with Gasteiger partial charge in [-0.1, -0.05) is 6.07 Å². The van der Waals surface area contributed by atoms with Crippen LogP contribution in [0.15, 0.2) is 42.5 Å². The predicted octanol–water partition coefficient (Wildman–Crippen LogP) is 2.81. The quantitative estimate of drug-likeness (QED) is 0.554. The van der Waals surface area contributed by atoms with Crippen molar-refractivity contribution < 1.29 is 23.9 Å². The summed E-state index contributed by atoms with van der Waals surface area (Å²) in [5.41, 5.74) is 3.49. The Balaban J connectivity index is 1.82. The van der Waals surface area contributed by atoms with E-state index in [4.69, 9.17) is 4.74 Å². The molecule has 0 fully saturated rings. The Hall–Kier alpha value is -3.48. The lowest BCUT2D eigenvalue weighted by atomic mass is 10.1. The number of carbonyl (C=O) groups excluding carboxylic acids is 4. The highest BCUT2D eigenvalue weighted by Gasteiger charge is 2.19. The minimum absolute atomic E-state index is 0.0759. The number of nitrogens with one attached hydrogen (secondary N) is 2. The van der Waals surface area contributed by atoms with Gasteiger partial charge in [-0.25, -0.2) is 0 Å². The highest BCUT2D eigenvalue weighted by atomic mass is 16.5. The van der Waals surface area contributed by atoms with E-state index in [-0.39, 0.29) is 12.3 Å². The molecule has 7 nitrogen and oxygen atoms in total. The minimum atomic E-state index is -1.05. The van der Waals surface area contributed by atoms with Crippen LogP contribution in [0.25, 0.3) is 0 Å².